The normalized spacial score (nSPS) is 10.0. The molecule has 2 rings (SSSR count). The predicted octanol–water partition coefficient (Wildman–Crippen LogP) is 2.10. The molecule has 0 radical (unpaired) electrons. The lowest BCUT2D eigenvalue weighted by Crippen LogP contribution is -2.14. The van der Waals surface area contributed by atoms with Gasteiger partial charge in [0.1, 0.15) is 10.9 Å². The van der Waals surface area contributed by atoms with Crippen LogP contribution in [-0.2, 0) is 0 Å². The molecule has 0 fully saturated rings. The molecule has 1 heterocycles. The highest BCUT2D eigenvalue weighted by Crippen LogP contribution is 2.17. The number of halogens is 1. The summed E-state index contributed by atoms with van der Waals surface area (Å²) in [7, 11) is 1.43. The molecular formula is C12H10ClN3O3. The highest BCUT2D eigenvalue weighted by Gasteiger charge is 2.10. The number of carbonyl (C=O) groups excluding carboxylic acids is 1. The molecule has 0 bridgehead atoms. The Morgan fingerprint density at radius 3 is 2.63 bits per heavy atom. The van der Waals surface area contributed by atoms with E-state index >= 15 is 0 Å². The van der Waals surface area contributed by atoms with Crippen molar-refractivity contribution in [2.24, 2.45) is 0 Å². The molecule has 0 saturated heterocycles. The minimum Gasteiger partial charge on any atom is -0.508 e. The van der Waals surface area contributed by atoms with E-state index in [4.69, 9.17) is 21.4 Å². The summed E-state index contributed by atoms with van der Waals surface area (Å²) >= 11 is 5.76. The van der Waals surface area contributed by atoms with Gasteiger partial charge >= 0.3 is 0 Å². The first-order chi connectivity index (χ1) is 9.08. The summed E-state index contributed by atoms with van der Waals surface area (Å²) in [5, 5.41) is 11.8. The fourth-order valence-electron chi connectivity index (χ4n) is 1.34. The minimum atomic E-state index is -0.413. The van der Waals surface area contributed by atoms with Crippen LogP contribution in [0.3, 0.4) is 0 Å². The molecule has 0 aliphatic rings. The Balaban J connectivity index is 2.18. The number of hydrogen-bond acceptors (Lipinski definition) is 5. The molecule has 6 nitrogen and oxygen atoms in total. The first-order valence-electron chi connectivity index (χ1n) is 5.27. The molecule has 0 saturated carbocycles. The van der Waals surface area contributed by atoms with Crippen LogP contribution >= 0.6 is 11.6 Å². The number of methoxy groups -OCH3 is 1. The van der Waals surface area contributed by atoms with Gasteiger partial charge in [0.05, 0.1) is 7.11 Å². The number of aromatic nitrogens is 2. The highest BCUT2D eigenvalue weighted by atomic mass is 35.5. The number of carbonyl (C=O) groups is 1. The Morgan fingerprint density at radius 1 is 1.32 bits per heavy atom. The van der Waals surface area contributed by atoms with Crippen molar-refractivity contribution in [3.05, 3.63) is 41.0 Å². The maximum Gasteiger partial charge on any atom is 0.258 e. The van der Waals surface area contributed by atoms with Crippen LogP contribution in [-0.4, -0.2) is 28.1 Å². The molecule has 0 atom stereocenters. The SMILES string of the molecule is COc1cc(Cl)nc(NC(=O)c2ccc(O)cc2)n1. The minimum absolute atomic E-state index is 0.0439. The first-order valence-corrected chi connectivity index (χ1v) is 5.65. The number of benzene rings is 1. The van der Waals surface area contributed by atoms with Gasteiger partial charge in [-0.3, -0.25) is 10.1 Å². The van der Waals surface area contributed by atoms with Crippen molar-refractivity contribution in [2.75, 3.05) is 12.4 Å². The number of phenols is 1. The van der Waals surface area contributed by atoms with Gasteiger partial charge in [0, 0.05) is 11.6 Å². The van der Waals surface area contributed by atoms with Gasteiger partial charge in [0.2, 0.25) is 11.8 Å². The second-order valence-electron chi connectivity index (χ2n) is 3.56. The van der Waals surface area contributed by atoms with Crippen LogP contribution in [0, 0.1) is 0 Å². The Kier molecular flexibility index (Phi) is 3.82. The average Bonchev–Trinajstić information content (AvgIpc) is 2.38. The predicted molar refractivity (Wildman–Crippen MR) is 69.7 cm³/mol. The molecule has 1 aromatic heterocycles. The molecule has 0 aliphatic heterocycles. The quantitative estimate of drug-likeness (QED) is 0.841. The third-order valence-electron chi connectivity index (χ3n) is 2.24. The van der Waals surface area contributed by atoms with Gasteiger partial charge in [-0.15, -0.1) is 0 Å². The van der Waals surface area contributed by atoms with Crippen molar-refractivity contribution in [2.45, 2.75) is 0 Å². The molecule has 1 aromatic carbocycles. The highest BCUT2D eigenvalue weighted by molar-refractivity contribution is 6.29. The molecule has 0 spiro atoms. The van der Waals surface area contributed by atoms with Crippen LogP contribution in [0.1, 0.15) is 10.4 Å². The Hall–Kier alpha value is -2.34. The Labute approximate surface area is 114 Å². The van der Waals surface area contributed by atoms with Crippen LogP contribution in [0.15, 0.2) is 30.3 Å². The summed E-state index contributed by atoms with van der Waals surface area (Å²) in [6.45, 7) is 0. The van der Waals surface area contributed by atoms with Crippen LogP contribution < -0.4 is 10.1 Å². The van der Waals surface area contributed by atoms with E-state index in [0.717, 1.165) is 0 Å². The lowest BCUT2D eigenvalue weighted by Gasteiger charge is -2.06. The second kappa shape index (κ2) is 5.53. The fourth-order valence-corrected chi connectivity index (χ4v) is 1.52. The van der Waals surface area contributed by atoms with E-state index in [1.807, 2.05) is 0 Å². The van der Waals surface area contributed by atoms with Crippen molar-refractivity contribution >= 4 is 23.5 Å². The molecule has 1 amide bonds. The number of aromatic hydroxyl groups is 1. The Bertz CT molecular complexity index is 602. The molecule has 0 aliphatic carbocycles. The van der Waals surface area contributed by atoms with Crippen LogP contribution in [0.2, 0.25) is 5.15 Å². The van der Waals surface area contributed by atoms with Gasteiger partial charge in [0.25, 0.3) is 5.91 Å². The van der Waals surface area contributed by atoms with Gasteiger partial charge in [-0.2, -0.15) is 4.98 Å². The van der Waals surface area contributed by atoms with E-state index in [9.17, 15) is 4.79 Å². The summed E-state index contributed by atoms with van der Waals surface area (Å²) in [6, 6.07) is 7.21. The van der Waals surface area contributed by atoms with Crippen LogP contribution in [0.5, 0.6) is 11.6 Å². The van der Waals surface area contributed by atoms with E-state index in [1.165, 1.54) is 37.4 Å². The van der Waals surface area contributed by atoms with Crippen molar-refractivity contribution in [1.82, 2.24) is 9.97 Å². The summed E-state index contributed by atoms with van der Waals surface area (Å²) in [5.74, 6) is -0.0371. The average molecular weight is 280 g/mol. The molecule has 0 unspecified atom stereocenters. The topological polar surface area (TPSA) is 84.3 Å². The summed E-state index contributed by atoms with van der Waals surface area (Å²) < 4.78 is 4.92. The van der Waals surface area contributed by atoms with Gasteiger partial charge in [-0.25, -0.2) is 4.98 Å². The van der Waals surface area contributed by atoms with Gasteiger partial charge in [0.15, 0.2) is 0 Å². The van der Waals surface area contributed by atoms with E-state index < -0.39 is 5.91 Å². The number of nitrogens with zero attached hydrogens (tertiary/aromatic N) is 2. The fraction of sp³-hybridized carbons (Fsp3) is 0.0833. The van der Waals surface area contributed by atoms with Crippen molar-refractivity contribution in [1.29, 1.82) is 0 Å². The maximum absolute atomic E-state index is 11.9. The molecule has 2 N–H and O–H groups in total. The third kappa shape index (κ3) is 3.32. The zero-order valence-corrected chi connectivity index (χ0v) is 10.7. The van der Waals surface area contributed by atoms with E-state index in [1.54, 1.807) is 0 Å². The van der Waals surface area contributed by atoms with Crippen LogP contribution in [0.4, 0.5) is 5.95 Å². The number of rotatable bonds is 3. The van der Waals surface area contributed by atoms with Gasteiger partial charge in [-0.05, 0) is 24.3 Å². The molecular weight excluding hydrogens is 270 g/mol. The van der Waals surface area contributed by atoms with Gasteiger partial charge in [-0.1, -0.05) is 11.6 Å². The second-order valence-corrected chi connectivity index (χ2v) is 3.94. The summed E-state index contributed by atoms with van der Waals surface area (Å²) in [6.07, 6.45) is 0. The molecule has 7 heteroatoms. The number of hydrogen-bond donors (Lipinski definition) is 2. The largest absolute Gasteiger partial charge is 0.508 e. The summed E-state index contributed by atoms with van der Waals surface area (Å²) in [5.41, 5.74) is 0.361. The molecule has 19 heavy (non-hydrogen) atoms. The third-order valence-corrected chi connectivity index (χ3v) is 2.43. The van der Waals surface area contributed by atoms with Crippen molar-refractivity contribution < 1.29 is 14.6 Å². The smallest absolute Gasteiger partial charge is 0.258 e. The number of amides is 1. The number of ether oxygens (including phenoxy) is 1. The zero-order chi connectivity index (χ0) is 13.8. The Morgan fingerprint density at radius 2 is 2.00 bits per heavy atom. The lowest BCUT2D eigenvalue weighted by atomic mass is 10.2. The lowest BCUT2D eigenvalue weighted by molar-refractivity contribution is 0.102. The number of phenolic OH excluding ortho intramolecular Hbond substituents is 1. The van der Waals surface area contributed by atoms with E-state index in [0.29, 0.717) is 5.56 Å². The summed E-state index contributed by atoms with van der Waals surface area (Å²) in [4.78, 5) is 19.7. The van der Waals surface area contributed by atoms with Crippen LogP contribution in [0.25, 0.3) is 0 Å². The molecule has 98 valence electrons. The van der Waals surface area contributed by atoms with Crippen molar-refractivity contribution in [3.63, 3.8) is 0 Å². The first kappa shape index (κ1) is 13.1. The van der Waals surface area contributed by atoms with E-state index in [2.05, 4.69) is 15.3 Å². The number of nitrogens with one attached hydrogen (secondary N) is 1. The standard InChI is InChI=1S/C12H10ClN3O3/c1-19-10-6-9(13)14-12(15-10)16-11(18)7-2-4-8(17)5-3-7/h2-6,17H,1H3,(H,14,15,16,18). The maximum atomic E-state index is 11.9. The number of anilines is 1. The molecule has 2 aromatic rings. The monoisotopic (exact) mass is 279 g/mol. The van der Waals surface area contributed by atoms with E-state index in [-0.39, 0.29) is 22.7 Å². The zero-order valence-electron chi connectivity index (χ0n) is 9.92. The van der Waals surface area contributed by atoms with Gasteiger partial charge < -0.3 is 9.84 Å². The van der Waals surface area contributed by atoms with Crippen molar-refractivity contribution in [3.8, 4) is 11.6 Å².